The molecule has 46 heavy (non-hydrogen) atoms. The molecule has 1 atom stereocenters. The van der Waals surface area contributed by atoms with Gasteiger partial charge in [0.15, 0.2) is 0 Å². The van der Waals surface area contributed by atoms with Crippen molar-refractivity contribution in [1.29, 1.82) is 0 Å². The van der Waals surface area contributed by atoms with Crippen molar-refractivity contribution in [2.45, 2.75) is 15.2 Å². The number of hydrogen-bond acceptors (Lipinski definition) is 1. The topological polar surface area (TPSA) is 0 Å². The van der Waals surface area contributed by atoms with E-state index in [-0.39, 0.29) is 5.41 Å². The highest BCUT2D eigenvalue weighted by Gasteiger charge is 2.50. The van der Waals surface area contributed by atoms with Gasteiger partial charge >= 0.3 is 0 Å². The fourth-order valence-corrected chi connectivity index (χ4v) is 10.2. The van der Waals surface area contributed by atoms with E-state index in [9.17, 15) is 0 Å². The summed E-state index contributed by atoms with van der Waals surface area (Å²) < 4.78 is 0. The number of fused-ring (bicyclic) bond motifs is 11. The van der Waals surface area contributed by atoms with E-state index in [4.69, 9.17) is 0 Å². The highest BCUT2D eigenvalue weighted by Crippen LogP contribution is 2.62. The zero-order valence-corrected chi connectivity index (χ0v) is 25.7. The Morgan fingerprint density at radius 2 is 0.870 bits per heavy atom. The van der Waals surface area contributed by atoms with Gasteiger partial charge in [0.1, 0.15) is 0 Å². The maximum absolute atomic E-state index is 2.48. The van der Waals surface area contributed by atoms with Crippen LogP contribution < -0.4 is 0 Å². The normalized spacial score (nSPS) is 16.3. The molecule has 0 nitrogen and oxygen atoms in total. The van der Waals surface area contributed by atoms with Crippen LogP contribution in [0.1, 0.15) is 22.3 Å². The van der Waals surface area contributed by atoms with Crippen molar-refractivity contribution in [2.24, 2.45) is 0 Å². The van der Waals surface area contributed by atoms with Crippen LogP contribution in [-0.2, 0) is 5.41 Å². The molecule has 0 saturated carbocycles. The van der Waals surface area contributed by atoms with Gasteiger partial charge in [0.05, 0.1) is 5.41 Å². The minimum atomic E-state index is -0.381. The summed E-state index contributed by atoms with van der Waals surface area (Å²) >= 11 is 1.92. The number of benzene rings is 8. The van der Waals surface area contributed by atoms with E-state index in [0.717, 1.165) is 0 Å². The van der Waals surface area contributed by atoms with E-state index >= 15 is 0 Å². The fraction of sp³-hybridized carbons (Fsp3) is 0.0222. The molecule has 0 radical (unpaired) electrons. The minimum Gasteiger partial charge on any atom is -0.0881 e. The molecule has 0 N–H and O–H groups in total. The quantitative estimate of drug-likeness (QED) is 0.181. The second-order valence-corrected chi connectivity index (χ2v) is 13.8. The fourth-order valence-electron chi connectivity index (χ4n) is 8.91. The van der Waals surface area contributed by atoms with Gasteiger partial charge in [-0.05, 0) is 95.1 Å². The predicted octanol–water partition coefficient (Wildman–Crippen LogP) is 12.1. The van der Waals surface area contributed by atoms with Crippen LogP contribution in [0.15, 0.2) is 168 Å². The molecule has 0 fully saturated rings. The third-order valence-corrected chi connectivity index (χ3v) is 11.9. The van der Waals surface area contributed by atoms with Gasteiger partial charge in [-0.25, -0.2) is 0 Å². The lowest BCUT2D eigenvalue weighted by atomic mass is 9.61. The first kappa shape index (κ1) is 24.9. The Bertz CT molecular complexity index is 2610. The maximum atomic E-state index is 2.48. The van der Waals surface area contributed by atoms with Crippen molar-refractivity contribution < 1.29 is 0 Å². The SMILES string of the molecule is c1ccc2c(c1)-c1cc(-c3cccc4c3Sc3cccc5cccc-4c35)ccc1C21c2ccccc2-c2cccc3cccc1c23. The molecule has 1 spiro atoms. The van der Waals surface area contributed by atoms with Gasteiger partial charge in [0, 0.05) is 15.2 Å². The molecule has 3 aliphatic rings. The largest absolute Gasteiger partial charge is 0.0881 e. The van der Waals surface area contributed by atoms with Gasteiger partial charge in [-0.2, -0.15) is 0 Å². The summed E-state index contributed by atoms with van der Waals surface area (Å²) in [5.41, 5.74) is 15.7. The molecule has 0 bridgehead atoms. The highest BCUT2D eigenvalue weighted by molar-refractivity contribution is 8.00. The van der Waals surface area contributed by atoms with Crippen molar-refractivity contribution >= 4 is 33.3 Å². The number of hydrogen-bond donors (Lipinski definition) is 0. The Morgan fingerprint density at radius 1 is 0.348 bits per heavy atom. The van der Waals surface area contributed by atoms with Crippen molar-refractivity contribution in [1.82, 2.24) is 0 Å². The molecular formula is C45H26S. The average molecular weight is 599 g/mol. The molecular weight excluding hydrogens is 573 g/mol. The summed E-state index contributed by atoms with van der Waals surface area (Å²) in [6, 6.07) is 59.4. The zero-order chi connectivity index (χ0) is 30.0. The maximum Gasteiger partial charge on any atom is 0.0725 e. The van der Waals surface area contributed by atoms with E-state index in [2.05, 4.69) is 158 Å². The summed E-state index contributed by atoms with van der Waals surface area (Å²) in [6.45, 7) is 0. The van der Waals surface area contributed by atoms with Gasteiger partial charge in [-0.15, -0.1) is 0 Å². The Balaban J connectivity index is 1.20. The van der Waals surface area contributed by atoms with Crippen LogP contribution in [0.5, 0.6) is 0 Å². The number of rotatable bonds is 1. The van der Waals surface area contributed by atoms with Crippen molar-refractivity contribution in [3.8, 4) is 44.5 Å². The molecule has 8 aromatic carbocycles. The minimum absolute atomic E-state index is 0.381. The molecule has 212 valence electrons. The van der Waals surface area contributed by atoms with E-state index in [1.54, 1.807) is 0 Å². The van der Waals surface area contributed by atoms with Crippen molar-refractivity contribution in [3.63, 3.8) is 0 Å². The second kappa shape index (κ2) is 8.88. The third kappa shape index (κ3) is 2.97. The van der Waals surface area contributed by atoms with Gasteiger partial charge in [-0.3, -0.25) is 0 Å². The van der Waals surface area contributed by atoms with Crippen LogP contribution in [-0.4, -0.2) is 0 Å². The average Bonchev–Trinajstić information content (AvgIpc) is 3.41. The first-order valence-electron chi connectivity index (χ1n) is 16.0. The predicted molar refractivity (Wildman–Crippen MR) is 193 cm³/mol. The van der Waals surface area contributed by atoms with E-state index < -0.39 is 0 Å². The van der Waals surface area contributed by atoms with Crippen LogP contribution in [0, 0.1) is 0 Å². The summed E-state index contributed by atoms with van der Waals surface area (Å²) in [4.78, 5) is 2.68. The van der Waals surface area contributed by atoms with Crippen LogP contribution in [0.2, 0.25) is 0 Å². The monoisotopic (exact) mass is 598 g/mol. The molecule has 1 unspecified atom stereocenters. The van der Waals surface area contributed by atoms with Crippen LogP contribution >= 0.6 is 11.8 Å². The van der Waals surface area contributed by atoms with Gasteiger partial charge in [0.25, 0.3) is 0 Å². The first-order valence-corrected chi connectivity index (χ1v) is 16.8. The van der Waals surface area contributed by atoms with Crippen molar-refractivity contribution in [2.75, 3.05) is 0 Å². The lowest BCUT2D eigenvalue weighted by Gasteiger charge is -2.40. The van der Waals surface area contributed by atoms with Crippen molar-refractivity contribution in [3.05, 3.63) is 180 Å². The molecule has 1 heterocycles. The molecule has 8 aromatic rings. The van der Waals surface area contributed by atoms with Gasteiger partial charge in [-0.1, -0.05) is 157 Å². The summed E-state index contributed by atoms with van der Waals surface area (Å²) in [5, 5.41) is 5.35. The van der Waals surface area contributed by atoms with Crippen LogP contribution in [0.4, 0.5) is 0 Å². The second-order valence-electron chi connectivity index (χ2n) is 12.8. The third-order valence-electron chi connectivity index (χ3n) is 10.7. The Hall–Kier alpha value is -5.37. The molecule has 1 aliphatic heterocycles. The summed E-state index contributed by atoms with van der Waals surface area (Å²) in [6.07, 6.45) is 0. The Labute approximate surface area is 272 Å². The Morgan fingerprint density at radius 3 is 1.65 bits per heavy atom. The lowest BCUT2D eigenvalue weighted by molar-refractivity contribution is 0.773. The van der Waals surface area contributed by atoms with Crippen LogP contribution in [0.25, 0.3) is 66.1 Å². The smallest absolute Gasteiger partial charge is 0.0725 e. The van der Waals surface area contributed by atoms with Gasteiger partial charge in [0.2, 0.25) is 0 Å². The summed E-state index contributed by atoms with van der Waals surface area (Å²) in [5.74, 6) is 0. The molecule has 0 saturated heterocycles. The molecule has 2 aliphatic carbocycles. The summed E-state index contributed by atoms with van der Waals surface area (Å²) in [7, 11) is 0. The zero-order valence-electron chi connectivity index (χ0n) is 24.9. The van der Waals surface area contributed by atoms with E-state index in [1.165, 1.54) is 98.1 Å². The lowest BCUT2D eigenvalue weighted by Crippen LogP contribution is -2.31. The molecule has 0 amide bonds. The standard InChI is InChI=1S/C45H26S/c1-3-20-37-31(14-1)33-17-5-10-27-12-7-22-40(42(27)33)45(37)38-21-4-2-15-32(38)36-26-29(24-25-39(36)45)30-16-9-19-35-34-18-6-11-28-13-8-23-41(43(28)34)46-44(30)35/h1-26H. The molecule has 11 rings (SSSR count). The van der Waals surface area contributed by atoms with Gasteiger partial charge < -0.3 is 0 Å². The Kier molecular flexibility index (Phi) is 4.80. The molecule has 0 aromatic heterocycles. The molecule has 1 heteroatoms. The van der Waals surface area contributed by atoms with E-state index in [1.807, 2.05) is 11.8 Å². The highest BCUT2D eigenvalue weighted by atomic mass is 32.2. The van der Waals surface area contributed by atoms with Crippen LogP contribution in [0.3, 0.4) is 0 Å². The van der Waals surface area contributed by atoms with E-state index in [0.29, 0.717) is 0 Å². The first-order chi connectivity index (χ1) is 22.8.